The predicted octanol–water partition coefficient (Wildman–Crippen LogP) is 4.93. The lowest BCUT2D eigenvalue weighted by atomic mass is 10.2. The Balaban J connectivity index is 1.53. The number of rotatable bonds is 10. The van der Waals surface area contributed by atoms with Gasteiger partial charge in [-0.3, -0.25) is 0 Å². The van der Waals surface area contributed by atoms with Crippen molar-refractivity contribution in [3.8, 4) is 17.2 Å². The van der Waals surface area contributed by atoms with Crippen LogP contribution >= 0.6 is 0 Å². The Labute approximate surface area is 181 Å². The third kappa shape index (κ3) is 6.89. The summed E-state index contributed by atoms with van der Waals surface area (Å²) in [6.45, 7) is 2.91. The van der Waals surface area contributed by atoms with Crippen molar-refractivity contribution in [2.75, 3.05) is 19.8 Å². The third-order valence-corrected chi connectivity index (χ3v) is 4.15. The molecule has 0 aliphatic rings. The van der Waals surface area contributed by atoms with Gasteiger partial charge in [0.25, 0.3) is 0 Å². The number of benzene rings is 3. The zero-order valence-electron chi connectivity index (χ0n) is 17.3. The van der Waals surface area contributed by atoms with Crippen LogP contribution in [0.15, 0.2) is 78.9 Å². The monoisotopic (exact) mass is 420 g/mol. The quantitative estimate of drug-likeness (QED) is 0.263. The van der Waals surface area contributed by atoms with E-state index >= 15 is 0 Å². The number of esters is 2. The molecule has 0 aliphatic heterocycles. The minimum Gasteiger partial charge on any atom is -0.494 e. The molecule has 0 N–H and O–H groups in total. The van der Waals surface area contributed by atoms with Gasteiger partial charge in [-0.1, -0.05) is 37.3 Å². The van der Waals surface area contributed by atoms with E-state index < -0.39 is 11.9 Å². The molecule has 31 heavy (non-hydrogen) atoms. The second-order valence-corrected chi connectivity index (χ2v) is 6.59. The van der Waals surface area contributed by atoms with Crippen molar-refractivity contribution in [3.05, 3.63) is 90.0 Å². The standard InChI is InChI=1S/C25H24O6/c1-2-14-28-22-12-6-9-20(17-22)25(27)31-23-13-7-8-19(18-23)24(26)30-16-15-29-21-10-4-3-5-11-21/h3-13,17-18H,2,14-16H2,1H3. The van der Waals surface area contributed by atoms with Gasteiger partial charge in [0.15, 0.2) is 0 Å². The first-order chi connectivity index (χ1) is 15.2. The molecular formula is C25H24O6. The highest BCUT2D eigenvalue weighted by Crippen LogP contribution is 2.19. The molecule has 0 amide bonds. The van der Waals surface area contributed by atoms with Crippen LogP contribution in [0.3, 0.4) is 0 Å². The van der Waals surface area contributed by atoms with Gasteiger partial charge >= 0.3 is 11.9 Å². The summed E-state index contributed by atoms with van der Waals surface area (Å²) < 4.78 is 21.7. The average molecular weight is 420 g/mol. The summed E-state index contributed by atoms with van der Waals surface area (Å²) in [4.78, 5) is 24.7. The fourth-order valence-corrected chi connectivity index (χ4v) is 2.68. The second kappa shape index (κ2) is 11.4. The molecule has 0 aromatic heterocycles. The zero-order chi connectivity index (χ0) is 21.9. The number of carbonyl (C=O) groups is 2. The van der Waals surface area contributed by atoms with Crippen molar-refractivity contribution < 1.29 is 28.5 Å². The minimum atomic E-state index is -0.538. The maximum Gasteiger partial charge on any atom is 0.343 e. The van der Waals surface area contributed by atoms with Crippen LogP contribution in [0.1, 0.15) is 34.1 Å². The molecule has 3 rings (SSSR count). The van der Waals surface area contributed by atoms with Gasteiger partial charge in [0.05, 0.1) is 17.7 Å². The highest BCUT2D eigenvalue weighted by molar-refractivity contribution is 5.93. The van der Waals surface area contributed by atoms with E-state index in [4.69, 9.17) is 18.9 Å². The van der Waals surface area contributed by atoms with E-state index in [9.17, 15) is 9.59 Å². The summed E-state index contributed by atoms with van der Waals surface area (Å²) in [7, 11) is 0. The molecule has 0 radical (unpaired) electrons. The maximum atomic E-state index is 12.5. The molecule has 0 spiro atoms. The van der Waals surface area contributed by atoms with Crippen LogP contribution in [0, 0.1) is 0 Å². The van der Waals surface area contributed by atoms with Gasteiger partial charge in [-0.05, 0) is 55.0 Å². The van der Waals surface area contributed by atoms with Gasteiger partial charge < -0.3 is 18.9 Å². The summed E-state index contributed by atoms with van der Waals surface area (Å²) in [6.07, 6.45) is 0.871. The van der Waals surface area contributed by atoms with E-state index in [2.05, 4.69) is 0 Å². The molecule has 160 valence electrons. The van der Waals surface area contributed by atoms with Gasteiger partial charge in [-0.25, -0.2) is 9.59 Å². The van der Waals surface area contributed by atoms with Gasteiger partial charge in [0.1, 0.15) is 30.5 Å². The van der Waals surface area contributed by atoms with Crippen LogP contribution < -0.4 is 14.2 Å². The number of para-hydroxylation sites is 1. The first kappa shape index (κ1) is 21.9. The average Bonchev–Trinajstić information content (AvgIpc) is 2.81. The first-order valence-electron chi connectivity index (χ1n) is 10.1. The molecule has 6 nitrogen and oxygen atoms in total. The van der Waals surface area contributed by atoms with Gasteiger partial charge in [0.2, 0.25) is 0 Å². The summed E-state index contributed by atoms with van der Waals surface area (Å²) in [5.74, 6) is 0.496. The molecule has 3 aromatic rings. The maximum absolute atomic E-state index is 12.5. The smallest absolute Gasteiger partial charge is 0.343 e. The first-order valence-corrected chi connectivity index (χ1v) is 10.1. The minimum absolute atomic E-state index is 0.0995. The van der Waals surface area contributed by atoms with E-state index in [1.165, 1.54) is 6.07 Å². The second-order valence-electron chi connectivity index (χ2n) is 6.59. The fourth-order valence-electron chi connectivity index (χ4n) is 2.68. The Hall–Kier alpha value is -3.80. The largest absolute Gasteiger partial charge is 0.494 e. The molecule has 0 heterocycles. The fraction of sp³-hybridized carbons (Fsp3) is 0.200. The molecule has 3 aromatic carbocycles. The van der Waals surface area contributed by atoms with Crippen molar-refractivity contribution in [2.45, 2.75) is 13.3 Å². The Bertz CT molecular complexity index is 1000. The van der Waals surface area contributed by atoms with Crippen LogP contribution in [0.25, 0.3) is 0 Å². The zero-order valence-corrected chi connectivity index (χ0v) is 17.3. The van der Waals surface area contributed by atoms with Crippen molar-refractivity contribution in [1.82, 2.24) is 0 Å². The van der Waals surface area contributed by atoms with Crippen molar-refractivity contribution in [3.63, 3.8) is 0 Å². The summed E-state index contributed by atoms with van der Waals surface area (Å²) in [5.41, 5.74) is 0.643. The number of hydrogen-bond donors (Lipinski definition) is 0. The van der Waals surface area contributed by atoms with Crippen molar-refractivity contribution in [1.29, 1.82) is 0 Å². The summed E-state index contributed by atoms with van der Waals surface area (Å²) in [6, 6.07) is 22.3. The summed E-state index contributed by atoms with van der Waals surface area (Å²) in [5, 5.41) is 0. The molecule has 0 unspecified atom stereocenters. The number of hydrogen-bond acceptors (Lipinski definition) is 6. The topological polar surface area (TPSA) is 71.1 Å². The Morgan fingerprint density at radius 3 is 2.00 bits per heavy atom. The molecule has 6 heteroatoms. The van der Waals surface area contributed by atoms with Gasteiger partial charge in [0, 0.05) is 0 Å². The molecule has 0 fully saturated rings. The molecule has 0 saturated heterocycles. The van der Waals surface area contributed by atoms with Crippen LogP contribution in [0.2, 0.25) is 0 Å². The lowest BCUT2D eigenvalue weighted by Crippen LogP contribution is -2.13. The lowest BCUT2D eigenvalue weighted by Gasteiger charge is -2.09. The lowest BCUT2D eigenvalue weighted by molar-refractivity contribution is 0.0449. The van der Waals surface area contributed by atoms with Crippen molar-refractivity contribution >= 4 is 11.9 Å². The normalized spacial score (nSPS) is 10.2. The highest BCUT2D eigenvalue weighted by Gasteiger charge is 2.13. The van der Waals surface area contributed by atoms with Gasteiger partial charge in [-0.2, -0.15) is 0 Å². The summed E-state index contributed by atoms with van der Waals surface area (Å²) >= 11 is 0. The molecule has 0 saturated carbocycles. The third-order valence-electron chi connectivity index (χ3n) is 4.15. The van der Waals surface area contributed by atoms with Crippen LogP contribution in [-0.2, 0) is 4.74 Å². The van der Waals surface area contributed by atoms with Crippen LogP contribution in [0.4, 0.5) is 0 Å². The molecular weight excluding hydrogens is 396 g/mol. The number of ether oxygens (including phenoxy) is 4. The number of carbonyl (C=O) groups excluding carboxylic acids is 2. The Morgan fingerprint density at radius 2 is 1.26 bits per heavy atom. The van der Waals surface area contributed by atoms with E-state index in [-0.39, 0.29) is 24.5 Å². The van der Waals surface area contributed by atoms with E-state index in [1.807, 2.05) is 37.3 Å². The van der Waals surface area contributed by atoms with Crippen LogP contribution in [-0.4, -0.2) is 31.8 Å². The van der Waals surface area contributed by atoms with Crippen LogP contribution in [0.5, 0.6) is 17.2 Å². The SMILES string of the molecule is CCCOc1cccc(C(=O)Oc2cccc(C(=O)OCCOc3ccccc3)c2)c1. The molecule has 0 atom stereocenters. The molecule has 0 bridgehead atoms. The predicted molar refractivity (Wildman–Crippen MR) is 116 cm³/mol. The van der Waals surface area contributed by atoms with E-state index in [0.717, 1.165) is 6.42 Å². The van der Waals surface area contributed by atoms with Crippen molar-refractivity contribution in [2.24, 2.45) is 0 Å². The Kier molecular flexibility index (Phi) is 8.05. The van der Waals surface area contributed by atoms with E-state index in [0.29, 0.717) is 23.7 Å². The van der Waals surface area contributed by atoms with Gasteiger partial charge in [-0.15, -0.1) is 0 Å². The highest BCUT2D eigenvalue weighted by atomic mass is 16.6. The molecule has 0 aliphatic carbocycles. The van der Waals surface area contributed by atoms with E-state index in [1.54, 1.807) is 42.5 Å². The Morgan fingerprint density at radius 1 is 0.645 bits per heavy atom.